The minimum absolute atomic E-state index is 0.148. The molecule has 0 aliphatic carbocycles. The van der Waals surface area contributed by atoms with Crippen LogP contribution >= 0.6 is 0 Å². The Hall–Kier alpha value is -2.15. The van der Waals surface area contributed by atoms with E-state index in [9.17, 15) is 17.4 Å². The predicted molar refractivity (Wildman–Crippen MR) is 98.5 cm³/mol. The number of halogens is 3. The lowest BCUT2D eigenvalue weighted by atomic mass is 10.1. The first-order valence-corrected chi connectivity index (χ1v) is 9.23. The summed E-state index contributed by atoms with van der Waals surface area (Å²) in [5.41, 5.74) is 0.206. The van der Waals surface area contributed by atoms with Crippen molar-refractivity contribution in [2.45, 2.75) is 36.7 Å². The molecule has 0 aliphatic rings. The van der Waals surface area contributed by atoms with Gasteiger partial charge in [-0.3, -0.25) is 0 Å². The highest BCUT2D eigenvalue weighted by atomic mass is 32.2. The molecule has 0 heterocycles. The molecule has 0 aromatic heterocycles. The molecule has 140 valence electrons. The fraction of sp³-hybridized carbons (Fsp3) is 0.316. The van der Waals surface area contributed by atoms with Crippen LogP contribution in [0.3, 0.4) is 0 Å². The highest BCUT2D eigenvalue weighted by Gasteiger charge is 2.35. The average molecular weight is 382 g/mol. The normalized spacial score (nSPS) is 13.2. The van der Waals surface area contributed by atoms with Gasteiger partial charge in [0, 0.05) is 23.4 Å². The molecule has 2 aromatic carbocycles. The van der Waals surface area contributed by atoms with E-state index in [2.05, 4.69) is 4.99 Å². The third-order valence-corrected chi connectivity index (χ3v) is 5.68. The van der Waals surface area contributed by atoms with Gasteiger partial charge in [-0.05, 0) is 50.1 Å². The number of hydrogen-bond acceptors (Lipinski definition) is 2. The molecule has 0 bridgehead atoms. The van der Waals surface area contributed by atoms with Crippen molar-refractivity contribution in [3.8, 4) is 0 Å². The number of hydrogen-bond donors (Lipinski definition) is 0. The van der Waals surface area contributed by atoms with Gasteiger partial charge in [0.15, 0.2) is 0 Å². The Kier molecular flexibility index (Phi) is 6.23. The van der Waals surface area contributed by atoms with Crippen LogP contribution in [0, 0.1) is 13.8 Å². The zero-order valence-corrected chi connectivity index (χ0v) is 15.9. The third kappa shape index (κ3) is 4.52. The molecular formula is C19H21F3N2OS. The molecule has 7 heteroatoms. The van der Waals surface area contributed by atoms with Gasteiger partial charge in [-0.15, -0.1) is 0 Å². The van der Waals surface area contributed by atoms with Crippen LogP contribution < -0.4 is 0 Å². The van der Waals surface area contributed by atoms with Crippen molar-refractivity contribution in [1.29, 1.82) is 0 Å². The van der Waals surface area contributed by atoms with E-state index in [0.717, 1.165) is 11.6 Å². The summed E-state index contributed by atoms with van der Waals surface area (Å²) in [7, 11) is 0.0275. The van der Waals surface area contributed by atoms with Crippen molar-refractivity contribution >= 4 is 22.8 Å². The number of aliphatic imine (C=N–C) groups is 1. The van der Waals surface area contributed by atoms with Crippen LogP contribution in [0.25, 0.3) is 0 Å². The van der Waals surface area contributed by atoms with Gasteiger partial charge in [0.2, 0.25) is 0 Å². The Balaban J connectivity index is 2.58. The standard InChI is InChI=1S/C19H21F3N2OS/c1-5-24(4)12-23-16-10-14(3)18(11-15(16)19(20,21)22)26(25)17-9-7-6-8-13(17)2/h6-12H,5H2,1-4H3. The van der Waals surface area contributed by atoms with Gasteiger partial charge in [-0.25, -0.2) is 9.20 Å². The molecule has 3 nitrogen and oxygen atoms in total. The maximum absolute atomic E-state index is 13.5. The molecule has 1 unspecified atom stereocenters. The van der Waals surface area contributed by atoms with E-state index in [-0.39, 0.29) is 10.6 Å². The van der Waals surface area contributed by atoms with Crippen molar-refractivity contribution in [2.24, 2.45) is 4.99 Å². The Morgan fingerprint density at radius 1 is 1.12 bits per heavy atom. The number of alkyl halides is 3. The summed E-state index contributed by atoms with van der Waals surface area (Å²) >= 11 is 0. The molecule has 0 radical (unpaired) electrons. The largest absolute Gasteiger partial charge is 0.418 e. The van der Waals surface area contributed by atoms with Crippen molar-refractivity contribution in [3.63, 3.8) is 0 Å². The van der Waals surface area contributed by atoms with Crippen LogP contribution in [0.2, 0.25) is 0 Å². The Bertz CT molecular complexity index is 847. The van der Waals surface area contributed by atoms with Crippen LogP contribution in [-0.4, -0.2) is 29.0 Å². The second kappa shape index (κ2) is 8.03. The van der Waals surface area contributed by atoms with Gasteiger partial charge in [-0.1, -0.05) is 18.2 Å². The van der Waals surface area contributed by atoms with Crippen molar-refractivity contribution in [1.82, 2.24) is 4.90 Å². The quantitative estimate of drug-likeness (QED) is 0.532. The van der Waals surface area contributed by atoms with E-state index in [1.165, 1.54) is 12.4 Å². The summed E-state index contributed by atoms with van der Waals surface area (Å²) in [6.07, 6.45) is -3.22. The van der Waals surface area contributed by atoms with Crippen LogP contribution in [-0.2, 0) is 17.0 Å². The lowest BCUT2D eigenvalue weighted by Gasteiger charge is -2.16. The average Bonchev–Trinajstić information content (AvgIpc) is 2.58. The maximum atomic E-state index is 13.5. The second-order valence-electron chi connectivity index (χ2n) is 5.98. The van der Waals surface area contributed by atoms with Gasteiger partial charge in [-0.2, -0.15) is 13.2 Å². The number of nitrogens with zero attached hydrogens (tertiary/aromatic N) is 2. The molecule has 2 rings (SSSR count). The summed E-state index contributed by atoms with van der Waals surface area (Å²) in [5.74, 6) is 0. The van der Waals surface area contributed by atoms with Gasteiger partial charge in [0.1, 0.15) is 0 Å². The SMILES string of the molecule is CCN(C)C=Nc1cc(C)c(S(=O)c2ccccc2C)cc1C(F)(F)F. The highest BCUT2D eigenvalue weighted by molar-refractivity contribution is 7.85. The molecule has 0 spiro atoms. The lowest BCUT2D eigenvalue weighted by Crippen LogP contribution is -2.15. The minimum atomic E-state index is -4.59. The van der Waals surface area contributed by atoms with Crippen LogP contribution in [0.15, 0.2) is 51.2 Å². The fourth-order valence-corrected chi connectivity index (χ4v) is 3.71. The fourth-order valence-electron chi connectivity index (χ4n) is 2.33. The van der Waals surface area contributed by atoms with Gasteiger partial charge < -0.3 is 4.90 Å². The zero-order chi connectivity index (χ0) is 19.5. The van der Waals surface area contributed by atoms with Gasteiger partial charge in [0.05, 0.1) is 28.4 Å². The number of benzene rings is 2. The predicted octanol–water partition coefficient (Wildman–Crippen LogP) is 5.10. The first kappa shape index (κ1) is 20.2. The molecule has 0 saturated heterocycles. The van der Waals surface area contributed by atoms with Crippen LogP contribution in [0.1, 0.15) is 23.6 Å². The van der Waals surface area contributed by atoms with Crippen molar-refractivity contribution in [3.05, 3.63) is 53.1 Å². The minimum Gasteiger partial charge on any atom is -0.366 e. The second-order valence-corrected chi connectivity index (χ2v) is 7.40. The molecular weight excluding hydrogens is 361 g/mol. The summed E-state index contributed by atoms with van der Waals surface area (Å²) in [4.78, 5) is 6.31. The smallest absolute Gasteiger partial charge is 0.366 e. The van der Waals surface area contributed by atoms with E-state index in [1.807, 2.05) is 6.92 Å². The highest BCUT2D eigenvalue weighted by Crippen LogP contribution is 2.39. The summed E-state index contributed by atoms with van der Waals surface area (Å²) < 4.78 is 53.5. The van der Waals surface area contributed by atoms with Crippen molar-refractivity contribution in [2.75, 3.05) is 13.6 Å². The van der Waals surface area contributed by atoms with E-state index in [4.69, 9.17) is 0 Å². The summed E-state index contributed by atoms with van der Waals surface area (Å²) in [6.45, 7) is 5.93. The summed E-state index contributed by atoms with van der Waals surface area (Å²) in [5, 5.41) is 0. The molecule has 0 fully saturated rings. The third-order valence-electron chi connectivity index (χ3n) is 3.98. The molecule has 26 heavy (non-hydrogen) atoms. The molecule has 0 aliphatic heterocycles. The number of rotatable bonds is 5. The number of aryl methyl sites for hydroxylation is 2. The van der Waals surface area contributed by atoms with E-state index < -0.39 is 22.5 Å². The van der Waals surface area contributed by atoms with E-state index >= 15 is 0 Å². The first-order valence-electron chi connectivity index (χ1n) is 8.08. The van der Waals surface area contributed by atoms with E-state index in [0.29, 0.717) is 17.0 Å². The van der Waals surface area contributed by atoms with Gasteiger partial charge >= 0.3 is 6.18 Å². The topological polar surface area (TPSA) is 32.7 Å². The first-order chi connectivity index (χ1) is 12.1. The Morgan fingerprint density at radius 3 is 2.35 bits per heavy atom. The molecule has 0 saturated carbocycles. The molecule has 1 atom stereocenters. The molecule has 0 amide bonds. The van der Waals surface area contributed by atoms with Gasteiger partial charge in [0.25, 0.3) is 0 Å². The lowest BCUT2D eigenvalue weighted by molar-refractivity contribution is -0.137. The van der Waals surface area contributed by atoms with Crippen LogP contribution in [0.5, 0.6) is 0 Å². The molecule has 2 aromatic rings. The van der Waals surface area contributed by atoms with E-state index in [1.54, 1.807) is 50.1 Å². The Labute approximate surface area is 154 Å². The van der Waals surface area contributed by atoms with Crippen LogP contribution in [0.4, 0.5) is 18.9 Å². The Morgan fingerprint density at radius 2 is 1.77 bits per heavy atom. The van der Waals surface area contributed by atoms with Crippen molar-refractivity contribution < 1.29 is 17.4 Å². The molecule has 0 N–H and O–H groups in total. The zero-order valence-electron chi connectivity index (χ0n) is 15.1. The maximum Gasteiger partial charge on any atom is 0.418 e. The summed E-state index contributed by atoms with van der Waals surface area (Å²) in [6, 6.07) is 9.27. The monoisotopic (exact) mass is 382 g/mol.